The van der Waals surface area contributed by atoms with Crippen molar-refractivity contribution < 1.29 is 5.11 Å². The molecule has 1 aromatic carbocycles. The van der Waals surface area contributed by atoms with Crippen molar-refractivity contribution in [3.05, 3.63) is 35.9 Å². The first-order valence-electron chi connectivity index (χ1n) is 5.19. The van der Waals surface area contributed by atoms with Crippen LogP contribution in [0.3, 0.4) is 0 Å². The molecule has 0 spiro atoms. The van der Waals surface area contributed by atoms with E-state index in [1.807, 2.05) is 13.1 Å². The predicted molar refractivity (Wildman–Crippen MR) is 59.3 cm³/mol. The Morgan fingerprint density at radius 3 is 2.57 bits per heavy atom. The molecule has 0 unspecified atom stereocenters. The molecular weight excluding hydrogens is 174 g/mol. The molecule has 1 atom stereocenters. The van der Waals surface area contributed by atoms with E-state index in [0.29, 0.717) is 6.04 Å². The number of benzene rings is 1. The van der Waals surface area contributed by atoms with Gasteiger partial charge < -0.3 is 10.4 Å². The SMILES string of the molecule is CN[C@H](CCCO)Cc1ccccc1. The van der Waals surface area contributed by atoms with Crippen molar-refractivity contribution in [2.24, 2.45) is 0 Å². The van der Waals surface area contributed by atoms with Crippen molar-refractivity contribution in [2.45, 2.75) is 25.3 Å². The zero-order valence-electron chi connectivity index (χ0n) is 8.74. The van der Waals surface area contributed by atoms with Crippen LogP contribution in [0.25, 0.3) is 0 Å². The summed E-state index contributed by atoms with van der Waals surface area (Å²) in [6, 6.07) is 10.9. The third-order valence-electron chi connectivity index (χ3n) is 2.44. The van der Waals surface area contributed by atoms with Crippen molar-refractivity contribution >= 4 is 0 Å². The summed E-state index contributed by atoms with van der Waals surface area (Å²) >= 11 is 0. The van der Waals surface area contributed by atoms with Crippen LogP contribution in [0.15, 0.2) is 30.3 Å². The largest absolute Gasteiger partial charge is 0.396 e. The Bertz CT molecular complexity index is 235. The van der Waals surface area contributed by atoms with Crippen LogP contribution in [0.1, 0.15) is 18.4 Å². The van der Waals surface area contributed by atoms with Crippen LogP contribution in [-0.2, 0) is 6.42 Å². The molecule has 0 amide bonds. The Kier molecular flexibility index (Phi) is 5.27. The summed E-state index contributed by atoms with van der Waals surface area (Å²) in [5, 5.41) is 12.0. The van der Waals surface area contributed by atoms with E-state index in [2.05, 4.69) is 29.6 Å². The lowest BCUT2D eigenvalue weighted by molar-refractivity contribution is 0.276. The lowest BCUT2D eigenvalue weighted by Crippen LogP contribution is -2.27. The highest BCUT2D eigenvalue weighted by molar-refractivity contribution is 5.15. The fourth-order valence-electron chi connectivity index (χ4n) is 1.58. The van der Waals surface area contributed by atoms with Gasteiger partial charge in [0.2, 0.25) is 0 Å². The summed E-state index contributed by atoms with van der Waals surface area (Å²) in [6.45, 7) is 0.285. The highest BCUT2D eigenvalue weighted by atomic mass is 16.2. The summed E-state index contributed by atoms with van der Waals surface area (Å²) in [5.74, 6) is 0. The van der Waals surface area contributed by atoms with E-state index >= 15 is 0 Å². The Morgan fingerprint density at radius 1 is 1.29 bits per heavy atom. The molecule has 1 aromatic rings. The third kappa shape index (κ3) is 3.90. The summed E-state index contributed by atoms with van der Waals surface area (Å²) in [4.78, 5) is 0. The molecular formula is C12H19NO. The van der Waals surface area contributed by atoms with Crippen LogP contribution in [-0.4, -0.2) is 24.8 Å². The van der Waals surface area contributed by atoms with Gasteiger partial charge in [0.15, 0.2) is 0 Å². The number of nitrogens with one attached hydrogen (secondary N) is 1. The summed E-state index contributed by atoms with van der Waals surface area (Å²) in [7, 11) is 1.98. The minimum absolute atomic E-state index is 0.285. The van der Waals surface area contributed by atoms with Gasteiger partial charge in [0, 0.05) is 12.6 Å². The molecule has 2 nitrogen and oxygen atoms in total. The van der Waals surface area contributed by atoms with Gasteiger partial charge in [0.05, 0.1) is 0 Å². The van der Waals surface area contributed by atoms with Gasteiger partial charge in [-0.05, 0) is 31.9 Å². The van der Waals surface area contributed by atoms with Gasteiger partial charge in [-0.1, -0.05) is 30.3 Å². The first-order valence-corrected chi connectivity index (χ1v) is 5.19. The smallest absolute Gasteiger partial charge is 0.0431 e. The molecule has 1 rings (SSSR count). The fraction of sp³-hybridized carbons (Fsp3) is 0.500. The first kappa shape index (κ1) is 11.2. The van der Waals surface area contributed by atoms with E-state index in [-0.39, 0.29) is 6.61 Å². The van der Waals surface area contributed by atoms with Crippen molar-refractivity contribution in [1.29, 1.82) is 0 Å². The lowest BCUT2D eigenvalue weighted by atomic mass is 10.0. The van der Waals surface area contributed by atoms with Crippen LogP contribution >= 0.6 is 0 Å². The van der Waals surface area contributed by atoms with Gasteiger partial charge in [-0.15, -0.1) is 0 Å². The van der Waals surface area contributed by atoms with Gasteiger partial charge in [0.25, 0.3) is 0 Å². The highest BCUT2D eigenvalue weighted by Crippen LogP contribution is 2.06. The van der Waals surface area contributed by atoms with Gasteiger partial charge in [-0.25, -0.2) is 0 Å². The predicted octanol–water partition coefficient (Wildman–Crippen LogP) is 1.59. The number of aliphatic hydroxyl groups excluding tert-OH is 1. The molecule has 0 fully saturated rings. The van der Waals surface area contributed by atoms with E-state index in [1.54, 1.807) is 0 Å². The normalized spacial score (nSPS) is 12.7. The molecule has 0 aromatic heterocycles. The van der Waals surface area contributed by atoms with Gasteiger partial charge in [0.1, 0.15) is 0 Å². The maximum absolute atomic E-state index is 8.75. The molecule has 2 heteroatoms. The number of likely N-dealkylation sites (N-methyl/N-ethyl adjacent to an activating group) is 1. The maximum atomic E-state index is 8.75. The number of hydrogen-bond donors (Lipinski definition) is 2. The monoisotopic (exact) mass is 193 g/mol. The topological polar surface area (TPSA) is 32.3 Å². The summed E-state index contributed by atoms with van der Waals surface area (Å²) in [5.41, 5.74) is 1.35. The minimum atomic E-state index is 0.285. The van der Waals surface area contributed by atoms with E-state index in [0.717, 1.165) is 19.3 Å². The average Bonchev–Trinajstić information content (AvgIpc) is 2.25. The van der Waals surface area contributed by atoms with Crippen molar-refractivity contribution in [3.8, 4) is 0 Å². The lowest BCUT2D eigenvalue weighted by Gasteiger charge is -2.15. The Hall–Kier alpha value is -0.860. The standard InChI is InChI=1S/C12H19NO/c1-13-12(8-5-9-14)10-11-6-3-2-4-7-11/h2-4,6-7,12-14H,5,8-10H2,1H3/t12-/m1/s1. The van der Waals surface area contributed by atoms with Gasteiger partial charge in [-0.2, -0.15) is 0 Å². The number of aliphatic hydroxyl groups is 1. The zero-order valence-corrected chi connectivity index (χ0v) is 8.74. The molecule has 0 aliphatic rings. The quantitative estimate of drug-likeness (QED) is 0.719. The second-order valence-electron chi connectivity index (χ2n) is 3.54. The minimum Gasteiger partial charge on any atom is -0.396 e. The molecule has 0 heterocycles. The van der Waals surface area contributed by atoms with Crippen LogP contribution < -0.4 is 5.32 Å². The van der Waals surface area contributed by atoms with Crippen LogP contribution in [0.4, 0.5) is 0 Å². The summed E-state index contributed by atoms with van der Waals surface area (Å²) in [6.07, 6.45) is 2.94. The number of rotatable bonds is 6. The molecule has 14 heavy (non-hydrogen) atoms. The number of hydrogen-bond acceptors (Lipinski definition) is 2. The van der Waals surface area contributed by atoms with Crippen molar-refractivity contribution in [3.63, 3.8) is 0 Å². The van der Waals surface area contributed by atoms with Gasteiger partial charge >= 0.3 is 0 Å². The van der Waals surface area contributed by atoms with Crippen LogP contribution in [0.5, 0.6) is 0 Å². The second-order valence-corrected chi connectivity index (χ2v) is 3.54. The fourth-order valence-corrected chi connectivity index (χ4v) is 1.58. The second kappa shape index (κ2) is 6.57. The highest BCUT2D eigenvalue weighted by Gasteiger charge is 2.05. The Balaban J connectivity index is 2.40. The van der Waals surface area contributed by atoms with Crippen molar-refractivity contribution in [1.82, 2.24) is 5.32 Å². The third-order valence-corrected chi connectivity index (χ3v) is 2.44. The Morgan fingerprint density at radius 2 is 2.00 bits per heavy atom. The molecule has 2 N–H and O–H groups in total. The molecule has 0 aliphatic carbocycles. The first-order chi connectivity index (χ1) is 6.86. The Labute approximate surface area is 86.0 Å². The average molecular weight is 193 g/mol. The molecule has 0 aliphatic heterocycles. The molecule has 78 valence electrons. The van der Waals surface area contributed by atoms with E-state index in [4.69, 9.17) is 5.11 Å². The van der Waals surface area contributed by atoms with Crippen LogP contribution in [0, 0.1) is 0 Å². The van der Waals surface area contributed by atoms with Gasteiger partial charge in [-0.3, -0.25) is 0 Å². The molecule has 0 saturated carbocycles. The van der Waals surface area contributed by atoms with Crippen molar-refractivity contribution in [2.75, 3.05) is 13.7 Å². The van der Waals surface area contributed by atoms with E-state index in [9.17, 15) is 0 Å². The van der Waals surface area contributed by atoms with E-state index in [1.165, 1.54) is 5.56 Å². The maximum Gasteiger partial charge on any atom is 0.0431 e. The molecule has 0 saturated heterocycles. The molecule has 0 bridgehead atoms. The van der Waals surface area contributed by atoms with E-state index < -0.39 is 0 Å². The zero-order chi connectivity index (χ0) is 10.2. The summed E-state index contributed by atoms with van der Waals surface area (Å²) < 4.78 is 0. The molecule has 0 radical (unpaired) electrons. The van der Waals surface area contributed by atoms with Crippen LogP contribution in [0.2, 0.25) is 0 Å².